The highest BCUT2D eigenvalue weighted by Crippen LogP contribution is 2.15. The van der Waals surface area contributed by atoms with Crippen LogP contribution in [0.15, 0.2) is 36.4 Å². The molecule has 0 bridgehead atoms. The largest absolute Gasteiger partial charge is 0.368 e. The van der Waals surface area contributed by atoms with Crippen molar-refractivity contribution < 1.29 is 0 Å². The molecule has 0 fully saturated rings. The summed E-state index contributed by atoms with van der Waals surface area (Å²) in [4.78, 5) is 2.32. The van der Waals surface area contributed by atoms with Gasteiger partial charge in [0.05, 0.1) is 0 Å². The standard InChI is InChI=1S/C13H18ClN/c1-3-15(10-5-4-9-14)13-8-6-7-12(2)11-13/h4-8,11H,3,9-10H2,1-2H3. The summed E-state index contributed by atoms with van der Waals surface area (Å²) in [5, 5.41) is 0. The molecule has 0 saturated carbocycles. The fourth-order valence-electron chi connectivity index (χ4n) is 1.51. The first-order valence-corrected chi connectivity index (χ1v) is 5.84. The van der Waals surface area contributed by atoms with Gasteiger partial charge in [-0.1, -0.05) is 24.3 Å². The Bertz CT molecular complexity index is 320. The Labute approximate surface area is 97.4 Å². The van der Waals surface area contributed by atoms with E-state index in [-0.39, 0.29) is 0 Å². The van der Waals surface area contributed by atoms with Crippen LogP contribution in [0.2, 0.25) is 0 Å². The van der Waals surface area contributed by atoms with Crippen molar-refractivity contribution in [1.29, 1.82) is 0 Å². The van der Waals surface area contributed by atoms with Gasteiger partial charge < -0.3 is 4.90 Å². The maximum atomic E-state index is 5.59. The molecule has 0 saturated heterocycles. The molecule has 1 rings (SSSR count). The third-order valence-electron chi connectivity index (χ3n) is 2.33. The number of allylic oxidation sites excluding steroid dienone is 1. The smallest absolute Gasteiger partial charge is 0.0404 e. The van der Waals surface area contributed by atoms with Gasteiger partial charge in [-0.05, 0) is 31.5 Å². The second-order valence-corrected chi connectivity index (χ2v) is 3.81. The van der Waals surface area contributed by atoms with Crippen molar-refractivity contribution in [2.24, 2.45) is 0 Å². The third kappa shape index (κ3) is 3.96. The van der Waals surface area contributed by atoms with E-state index in [9.17, 15) is 0 Å². The summed E-state index contributed by atoms with van der Waals surface area (Å²) in [5.41, 5.74) is 2.57. The van der Waals surface area contributed by atoms with Gasteiger partial charge in [0.15, 0.2) is 0 Å². The van der Waals surface area contributed by atoms with Crippen LogP contribution in [-0.4, -0.2) is 19.0 Å². The Hall–Kier alpha value is -0.950. The lowest BCUT2D eigenvalue weighted by Gasteiger charge is -2.21. The van der Waals surface area contributed by atoms with Gasteiger partial charge in [0, 0.05) is 24.7 Å². The molecule has 82 valence electrons. The van der Waals surface area contributed by atoms with E-state index in [1.165, 1.54) is 11.3 Å². The van der Waals surface area contributed by atoms with Crippen LogP contribution in [0.5, 0.6) is 0 Å². The van der Waals surface area contributed by atoms with Crippen LogP contribution in [0.3, 0.4) is 0 Å². The molecule has 0 atom stereocenters. The minimum absolute atomic E-state index is 0.589. The minimum atomic E-state index is 0.589. The van der Waals surface area contributed by atoms with Crippen molar-refractivity contribution in [1.82, 2.24) is 0 Å². The molecule has 0 radical (unpaired) electrons. The molecule has 0 aromatic heterocycles. The summed E-state index contributed by atoms with van der Waals surface area (Å²) in [6.07, 6.45) is 4.10. The van der Waals surface area contributed by atoms with Gasteiger partial charge in [-0.3, -0.25) is 0 Å². The highest BCUT2D eigenvalue weighted by Gasteiger charge is 2.01. The molecule has 0 spiro atoms. The summed E-state index contributed by atoms with van der Waals surface area (Å²) in [6.45, 7) is 6.21. The van der Waals surface area contributed by atoms with E-state index >= 15 is 0 Å². The van der Waals surface area contributed by atoms with E-state index in [0.717, 1.165) is 13.1 Å². The summed E-state index contributed by atoms with van der Waals surface area (Å²) in [5.74, 6) is 0.589. The fraction of sp³-hybridized carbons (Fsp3) is 0.385. The Morgan fingerprint density at radius 2 is 2.13 bits per heavy atom. The Morgan fingerprint density at radius 3 is 2.73 bits per heavy atom. The SMILES string of the molecule is CCN(CC=CCCl)c1cccc(C)c1. The van der Waals surface area contributed by atoms with Crippen molar-refractivity contribution in [3.8, 4) is 0 Å². The zero-order valence-electron chi connectivity index (χ0n) is 9.41. The summed E-state index contributed by atoms with van der Waals surface area (Å²) in [6, 6.07) is 8.56. The molecule has 0 N–H and O–H groups in total. The molecule has 2 heteroatoms. The zero-order chi connectivity index (χ0) is 11.1. The monoisotopic (exact) mass is 223 g/mol. The highest BCUT2D eigenvalue weighted by molar-refractivity contribution is 6.18. The van der Waals surface area contributed by atoms with Crippen LogP contribution in [0.25, 0.3) is 0 Å². The molecule has 1 aromatic rings. The lowest BCUT2D eigenvalue weighted by atomic mass is 10.2. The van der Waals surface area contributed by atoms with Gasteiger partial charge in [-0.25, -0.2) is 0 Å². The Morgan fingerprint density at radius 1 is 1.33 bits per heavy atom. The number of rotatable bonds is 5. The van der Waals surface area contributed by atoms with E-state index in [2.05, 4.69) is 49.1 Å². The third-order valence-corrected chi connectivity index (χ3v) is 2.51. The molecule has 0 heterocycles. The van der Waals surface area contributed by atoms with Crippen LogP contribution < -0.4 is 4.90 Å². The normalized spacial score (nSPS) is 10.9. The first-order valence-electron chi connectivity index (χ1n) is 5.30. The van der Waals surface area contributed by atoms with E-state index in [1.807, 2.05) is 6.08 Å². The van der Waals surface area contributed by atoms with Crippen LogP contribution in [-0.2, 0) is 0 Å². The predicted molar refractivity (Wildman–Crippen MR) is 68.9 cm³/mol. The summed E-state index contributed by atoms with van der Waals surface area (Å²) >= 11 is 5.59. The number of likely N-dealkylation sites (N-methyl/N-ethyl adjacent to an activating group) is 1. The lowest BCUT2D eigenvalue weighted by Crippen LogP contribution is -2.22. The first-order chi connectivity index (χ1) is 7.27. The quantitative estimate of drug-likeness (QED) is 0.545. The number of aryl methyl sites for hydroxylation is 1. The van der Waals surface area contributed by atoms with Crippen LogP contribution >= 0.6 is 11.6 Å². The van der Waals surface area contributed by atoms with E-state index in [4.69, 9.17) is 11.6 Å². The van der Waals surface area contributed by atoms with Gasteiger partial charge in [0.25, 0.3) is 0 Å². The summed E-state index contributed by atoms with van der Waals surface area (Å²) < 4.78 is 0. The molecular formula is C13H18ClN. The molecule has 0 unspecified atom stereocenters. The number of nitrogens with zero attached hydrogens (tertiary/aromatic N) is 1. The average molecular weight is 224 g/mol. The van der Waals surface area contributed by atoms with E-state index in [0.29, 0.717) is 5.88 Å². The van der Waals surface area contributed by atoms with Gasteiger partial charge in [-0.15, -0.1) is 11.6 Å². The zero-order valence-corrected chi connectivity index (χ0v) is 10.2. The molecular weight excluding hydrogens is 206 g/mol. The van der Waals surface area contributed by atoms with E-state index in [1.54, 1.807) is 0 Å². The van der Waals surface area contributed by atoms with Gasteiger partial charge >= 0.3 is 0 Å². The number of hydrogen-bond acceptors (Lipinski definition) is 1. The number of alkyl halides is 1. The molecule has 1 nitrogen and oxygen atoms in total. The molecule has 0 amide bonds. The van der Waals surface area contributed by atoms with Crippen molar-refractivity contribution >= 4 is 17.3 Å². The van der Waals surface area contributed by atoms with Gasteiger partial charge in [0.2, 0.25) is 0 Å². The maximum Gasteiger partial charge on any atom is 0.0404 e. The van der Waals surface area contributed by atoms with Crippen LogP contribution in [0.4, 0.5) is 5.69 Å². The molecule has 15 heavy (non-hydrogen) atoms. The topological polar surface area (TPSA) is 3.24 Å². The number of halogens is 1. The molecule has 0 aliphatic rings. The van der Waals surface area contributed by atoms with Crippen molar-refractivity contribution in [2.45, 2.75) is 13.8 Å². The molecule has 0 aliphatic heterocycles. The van der Waals surface area contributed by atoms with Crippen LogP contribution in [0, 0.1) is 6.92 Å². The Kier molecular flexibility index (Phi) is 5.27. The predicted octanol–water partition coefficient (Wildman–Crippen LogP) is 3.62. The number of benzene rings is 1. The molecule has 1 aromatic carbocycles. The minimum Gasteiger partial charge on any atom is -0.368 e. The second kappa shape index (κ2) is 6.52. The lowest BCUT2D eigenvalue weighted by molar-refractivity contribution is 0.904. The maximum absolute atomic E-state index is 5.59. The van der Waals surface area contributed by atoms with Crippen molar-refractivity contribution in [3.05, 3.63) is 42.0 Å². The molecule has 0 aliphatic carbocycles. The van der Waals surface area contributed by atoms with Crippen LogP contribution in [0.1, 0.15) is 12.5 Å². The summed E-state index contributed by atoms with van der Waals surface area (Å²) in [7, 11) is 0. The first kappa shape index (κ1) is 12.1. The van der Waals surface area contributed by atoms with Gasteiger partial charge in [0.1, 0.15) is 0 Å². The van der Waals surface area contributed by atoms with E-state index < -0.39 is 0 Å². The number of anilines is 1. The van der Waals surface area contributed by atoms with Gasteiger partial charge in [-0.2, -0.15) is 0 Å². The highest BCUT2D eigenvalue weighted by atomic mass is 35.5. The van der Waals surface area contributed by atoms with Crippen molar-refractivity contribution in [2.75, 3.05) is 23.9 Å². The Balaban J connectivity index is 2.69. The van der Waals surface area contributed by atoms with Crippen molar-refractivity contribution in [3.63, 3.8) is 0 Å². The average Bonchev–Trinajstić information content (AvgIpc) is 2.24. The number of hydrogen-bond donors (Lipinski definition) is 0. The fourth-order valence-corrected chi connectivity index (χ4v) is 1.63. The second-order valence-electron chi connectivity index (χ2n) is 3.50.